The summed E-state index contributed by atoms with van der Waals surface area (Å²) in [5.41, 5.74) is 12.2. The van der Waals surface area contributed by atoms with Gasteiger partial charge in [-0.3, -0.25) is 0 Å². The van der Waals surface area contributed by atoms with Crippen molar-refractivity contribution in [2.24, 2.45) is 0 Å². The van der Waals surface area contributed by atoms with Gasteiger partial charge in [-0.05, 0) is 97.9 Å². The summed E-state index contributed by atoms with van der Waals surface area (Å²) in [7, 11) is 0. The topological polar surface area (TPSA) is 16.4 Å². The van der Waals surface area contributed by atoms with Crippen molar-refractivity contribution in [1.29, 1.82) is 0 Å². The van der Waals surface area contributed by atoms with E-state index in [2.05, 4.69) is 193 Å². The molecule has 0 aliphatic heterocycles. The van der Waals surface area contributed by atoms with Crippen molar-refractivity contribution < 1.29 is 4.42 Å². The van der Waals surface area contributed by atoms with E-state index in [1.165, 1.54) is 43.8 Å². The molecule has 0 aliphatic rings. The molecule has 0 fully saturated rings. The molecular weight excluding hydrogens is 631 g/mol. The molecule has 0 N–H and O–H groups in total. The number of para-hydroxylation sites is 2. The average Bonchev–Trinajstić information content (AvgIpc) is 3.59. The SMILES string of the molecule is c1cc(-c2cccc3ccccc23)cc(N(c2ccc(-c3cccc4ccccc34)cc2)c2ccccc2-c2ccc3oc4ccccc4c3c2)c1. The van der Waals surface area contributed by atoms with Gasteiger partial charge < -0.3 is 9.32 Å². The molecule has 244 valence electrons. The van der Waals surface area contributed by atoms with Crippen LogP contribution in [0, 0.1) is 0 Å². The molecule has 10 rings (SSSR count). The first-order valence-corrected chi connectivity index (χ1v) is 17.8. The lowest BCUT2D eigenvalue weighted by atomic mass is 9.96. The van der Waals surface area contributed by atoms with Gasteiger partial charge >= 0.3 is 0 Å². The summed E-state index contributed by atoms with van der Waals surface area (Å²) < 4.78 is 6.21. The number of nitrogens with zero attached hydrogens (tertiary/aromatic N) is 1. The Labute approximate surface area is 302 Å². The van der Waals surface area contributed by atoms with Gasteiger partial charge in [0, 0.05) is 27.7 Å². The highest BCUT2D eigenvalue weighted by Gasteiger charge is 2.19. The van der Waals surface area contributed by atoms with Crippen LogP contribution >= 0.6 is 0 Å². The minimum absolute atomic E-state index is 0.895. The van der Waals surface area contributed by atoms with E-state index in [4.69, 9.17) is 4.42 Å². The summed E-state index contributed by atoms with van der Waals surface area (Å²) in [5, 5.41) is 7.22. The first-order valence-electron chi connectivity index (χ1n) is 17.8. The fraction of sp³-hybridized carbons (Fsp3) is 0. The zero-order valence-electron chi connectivity index (χ0n) is 28.4. The summed E-state index contributed by atoms with van der Waals surface area (Å²) >= 11 is 0. The monoisotopic (exact) mass is 663 g/mol. The van der Waals surface area contributed by atoms with Gasteiger partial charge in [-0.25, -0.2) is 0 Å². The molecule has 0 unspecified atom stereocenters. The largest absolute Gasteiger partial charge is 0.456 e. The molecular formula is C50H33NO. The molecule has 0 spiro atoms. The normalized spacial score (nSPS) is 11.5. The Bertz CT molecular complexity index is 2910. The third-order valence-corrected chi connectivity index (χ3v) is 10.3. The molecule has 2 heteroatoms. The molecule has 0 aliphatic carbocycles. The highest BCUT2D eigenvalue weighted by atomic mass is 16.3. The maximum atomic E-state index is 6.21. The number of rotatable bonds is 6. The van der Waals surface area contributed by atoms with Crippen LogP contribution in [0.25, 0.3) is 76.9 Å². The fourth-order valence-corrected chi connectivity index (χ4v) is 7.79. The molecule has 0 amide bonds. The lowest BCUT2D eigenvalue weighted by Gasteiger charge is -2.28. The van der Waals surface area contributed by atoms with Crippen LogP contribution in [0.1, 0.15) is 0 Å². The Hall–Kier alpha value is -6.90. The van der Waals surface area contributed by atoms with E-state index in [9.17, 15) is 0 Å². The smallest absolute Gasteiger partial charge is 0.135 e. The van der Waals surface area contributed by atoms with E-state index >= 15 is 0 Å². The van der Waals surface area contributed by atoms with Gasteiger partial charge in [0.1, 0.15) is 11.2 Å². The van der Waals surface area contributed by atoms with Crippen molar-refractivity contribution in [2.75, 3.05) is 4.90 Å². The van der Waals surface area contributed by atoms with Crippen LogP contribution in [0.3, 0.4) is 0 Å². The maximum Gasteiger partial charge on any atom is 0.135 e. The number of fused-ring (bicyclic) bond motifs is 5. The predicted octanol–water partition coefficient (Wildman–Crippen LogP) is 14.4. The molecule has 0 atom stereocenters. The molecule has 2 nitrogen and oxygen atoms in total. The first kappa shape index (κ1) is 30.0. The van der Waals surface area contributed by atoms with Crippen LogP contribution in [0.4, 0.5) is 17.1 Å². The summed E-state index contributed by atoms with van der Waals surface area (Å²) in [6.45, 7) is 0. The second-order valence-electron chi connectivity index (χ2n) is 13.3. The second-order valence-corrected chi connectivity index (χ2v) is 13.3. The summed E-state index contributed by atoms with van der Waals surface area (Å²) in [6, 6.07) is 71.8. The fourth-order valence-electron chi connectivity index (χ4n) is 7.79. The second kappa shape index (κ2) is 12.5. The van der Waals surface area contributed by atoms with Crippen LogP contribution in [0.15, 0.2) is 205 Å². The molecule has 10 aromatic rings. The van der Waals surface area contributed by atoms with E-state index in [0.717, 1.165) is 50.1 Å². The number of hydrogen-bond donors (Lipinski definition) is 0. The van der Waals surface area contributed by atoms with Gasteiger partial charge in [0.2, 0.25) is 0 Å². The molecule has 0 saturated heterocycles. The quantitative estimate of drug-likeness (QED) is 0.176. The number of benzene rings is 9. The van der Waals surface area contributed by atoms with Gasteiger partial charge in [-0.15, -0.1) is 0 Å². The minimum atomic E-state index is 0.895. The van der Waals surface area contributed by atoms with Crippen molar-refractivity contribution >= 4 is 60.5 Å². The zero-order valence-corrected chi connectivity index (χ0v) is 28.4. The Morgan fingerprint density at radius 1 is 0.308 bits per heavy atom. The molecule has 9 aromatic carbocycles. The van der Waals surface area contributed by atoms with Gasteiger partial charge in [-0.2, -0.15) is 0 Å². The van der Waals surface area contributed by atoms with E-state index in [1.807, 2.05) is 12.1 Å². The number of anilines is 3. The molecule has 0 bridgehead atoms. The average molecular weight is 664 g/mol. The van der Waals surface area contributed by atoms with Crippen LogP contribution in [-0.2, 0) is 0 Å². The summed E-state index contributed by atoms with van der Waals surface area (Å²) in [4.78, 5) is 2.40. The van der Waals surface area contributed by atoms with Crippen LogP contribution < -0.4 is 4.90 Å². The number of hydrogen-bond acceptors (Lipinski definition) is 2. The maximum absolute atomic E-state index is 6.21. The molecule has 1 aromatic heterocycles. The highest BCUT2D eigenvalue weighted by molar-refractivity contribution is 6.07. The summed E-state index contributed by atoms with van der Waals surface area (Å²) in [6.07, 6.45) is 0. The Balaban J connectivity index is 1.16. The Morgan fingerprint density at radius 2 is 0.846 bits per heavy atom. The van der Waals surface area contributed by atoms with Crippen molar-refractivity contribution in [3.63, 3.8) is 0 Å². The predicted molar refractivity (Wildman–Crippen MR) is 220 cm³/mol. The molecule has 0 radical (unpaired) electrons. The lowest BCUT2D eigenvalue weighted by Crippen LogP contribution is -2.11. The van der Waals surface area contributed by atoms with E-state index in [1.54, 1.807) is 0 Å². The van der Waals surface area contributed by atoms with Crippen molar-refractivity contribution in [3.8, 4) is 33.4 Å². The van der Waals surface area contributed by atoms with Crippen molar-refractivity contribution in [2.45, 2.75) is 0 Å². The first-order chi connectivity index (χ1) is 25.8. The van der Waals surface area contributed by atoms with Gasteiger partial charge in [0.05, 0.1) is 5.69 Å². The zero-order chi connectivity index (χ0) is 34.4. The third kappa shape index (κ3) is 5.12. The molecule has 0 saturated carbocycles. The van der Waals surface area contributed by atoms with Crippen molar-refractivity contribution in [3.05, 3.63) is 200 Å². The summed E-state index contributed by atoms with van der Waals surface area (Å²) in [5.74, 6) is 0. The van der Waals surface area contributed by atoms with Gasteiger partial charge in [-0.1, -0.05) is 152 Å². The van der Waals surface area contributed by atoms with Gasteiger partial charge in [0.25, 0.3) is 0 Å². The van der Waals surface area contributed by atoms with Crippen molar-refractivity contribution in [1.82, 2.24) is 0 Å². The van der Waals surface area contributed by atoms with E-state index in [-0.39, 0.29) is 0 Å². The van der Waals surface area contributed by atoms with Crippen LogP contribution in [-0.4, -0.2) is 0 Å². The third-order valence-electron chi connectivity index (χ3n) is 10.3. The Kier molecular flexibility index (Phi) is 7.18. The van der Waals surface area contributed by atoms with E-state index in [0.29, 0.717) is 0 Å². The minimum Gasteiger partial charge on any atom is -0.456 e. The highest BCUT2D eigenvalue weighted by Crippen LogP contribution is 2.44. The molecule has 52 heavy (non-hydrogen) atoms. The standard InChI is InChI=1S/C50H33NO/c1-3-18-41-34(12-1)14-10-22-43(41)36-26-29-39(30-27-36)51(40-17-9-16-37(32-40)44-23-11-15-35-13-2-4-19-42(35)44)48-24-7-5-20-45(48)38-28-31-50-47(33-38)46-21-6-8-25-49(46)52-50/h1-33H. The Morgan fingerprint density at radius 3 is 1.62 bits per heavy atom. The van der Waals surface area contributed by atoms with E-state index < -0.39 is 0 Å². The number of furan rings is 1. The van der Waals surface area contributed by atoms with Crippen LogP contribution in [0.5, 0.6) is 0 Å². The van der Waals surface area contributed by atoms with Gasteiger partial charge in [0.15, 0.2) is 0 Å². The lowest BCUT2D eigenvalue weighted by molar-refractivity contribution is 0.669. The molecule has 1 heterocycles. The van der Waals surface area contributed by atoms with Crippen LogP contribution in [0.2, 0.25) is 0 Å².